The van der Waals surface area contributed by atoms with Crippen LogP contribution in [-0.4, -0.2) is 51.0 Å². The van der Waals surface area contributed by atoms with Gasteiger partial charge >= 0.3 is 5.97 Å². The van der Waals surface area contributed by atoms with Crippen LogP contribution in [0, 0.1) is 0 Å². The predicted molar refractivity (Wildman–Crippen MR) is 106 cm³/mol. The molecule has 150 valence electrons. The lowest BCUT2D eigenvalue weighted by Crippen LogP contribution is -2.43. The first-order valence-corrected chi connectivity index (χ1v) is 10.9. The number of aromatic carboxylic acids is 1. The van der Waals surface area contributed by atoms with Gasteiger partial charge in [-0.1, -0.05) is 12.1 Å². The number of benzene rings is 2. The van der Waals surface area contributed by atoms with Crippen LogP contribution in [0.25, 0.3) is 11.0 Å². The van der Waals surface area contributed by atoms with E-state index in [0.717, 1.165) is 11.7 Å². The Morgan fingerprint density at radius 1 is 1.17 bits per heavy atom. The van der Waals surface area contributed by atoms with Crippen LogP contribution in [0.15, 0.2) is 47.4 Å². The molecule has 0 saturated carbocycles. The normalized spacial score (nSPS) is 17.4. The molecule has 2 N–H and O–H groups in total. The monoisotopic (exact) mass is 432 g/mol. The Labute approximate surface area is 170 Å². The second-order valence-electron chi connectivity index (χ2n) is 6.54. The summed E-state index contributed by atoms with van der Waals surface area (Å²) in [4.78, 5) is 23.9. The second kappa shape index (κ2) is 7.50. The Balaban J connectivity index is 1.62. The van der Waals surface area contributed by atoms with Gasteiger partial charge in [0.2, 0.25) is 15.9 Å². The number of carbonyl (C=O) groups excluding carboxylic acids is 1. The fraction of sp³-hybridized carbons (Fsp3) is 0.222. The fourth-order valence-corrected chi connectivity index (χ4v) is 5.77. The molecule has 1 amide bonds. The molecule has 0 aliphatic carbocycles. The Morgan fingerprint density at radius 3 is 2.76 bits per heavy atom. The van der Waals surface area contributed by atoms with Crippen LogP contribution in [0.4, 0.5) is 5.69 Å². The van der Waals surface area contributed by atoms with Crippen molar-refractivity contribution in [1.29, 1.82) is 0 Å². The van der Waals surface area contributed by atoms with E-state index >= 15 is 0 Å². The predicted octanol–water partition coefficient (Wildman–Crippen LogP) is 2.18. The van der Waals surface area contributed by atoms with Crippen LogP contribution in [0.2, 0.25) is 0 Å². The van der Waals surface area contributed by atoms with Gasteiger partial charge in [-0.05, 0) is 43.2 Å². The van der Waals surface area contributed by atoms with E-state index in [1.807, 2.05) is 0 Å². The summed E-state index contributed by atoms with van der Waals surface area (Å²) >= 11 is 0.928. The highest BCUT2D eigenvalue weighted by atomic mass is 32.2. The summed E-state index contributed by atoms with van der Waals surface area (Å²) in [6, 6.07) is 9.65. The number of nitrogens with one attached hydrogen (secondary N) is 1. The highest BCUT2D eigenvalue weighted by Gasteiger charge is 2.40. The van der Waals surface area contributed by atoms with Crippen LogP contribution in [0.5, 0.6) is 0 Å². The molecule has 1 aliphatic rings. The third kappa shape index (κ3) is 3.59. The molecular weight excluding hydrogens is 416 g/mol. The molecule has 1 saturated heterocycles. The third-order valence-electron chi connectivity index (χ3n) is 4.72. The minimum Gasteiger partial charge on any atom is -0.478 e. The maximum Gasteiger partial charge on any atom is 0.335 e. The number of sulfonamides is 1. The molecule has 0 radical (unpaired) electrons. The lowest BCUT2D eigenvalue weighted by molar-refractivity contribution is -0.119. The molecule has 1 atom stereocenters. The molecule has 2 aromatic carbocycles. The highest BCUT2D eigenvalue weighted by molar-refractivity contribution is 7.89. The Bertz CT molecular complexity index is 1210. The highest BCUT2D eigenvalue weighted by Crippen LogP contribution is 2.30. The van der Waals surface area contributed by atoms with Crippen molar-refractivity contribution in [1.82, 2.24) is 13.1 Å². The molecule has 29 heavy (non-hydrogen) atoms. The number of carboxylic acid groups (broad SMARTS) is 1. The van der Waals surface area contributed by atoms with Crippen LogP contribution in [-0.2, 0) is 14.8 Å². The summed E-state index contributed by atoms with van der Waals surface area (Å²) in [7, 11) is -3.96. The smallest absolute Gasteiger partial charge is 0.335 e. The largest absolute Gasteiger partial charge is 0.478 e. The van der Waals surface area contributed by atoms with E-state index in [1.54, 1.807) is 18.2 Å². The molecule has 4 rings (SSSR count). The van der Waals surface area contributed by atoms with Crippen molar-refractivity contribution < 1.29 is 23.1 Å². The molecule has 0 bridgehead atoms. The van der Waals surface area contributed by atoms with Gasteiger partial charge < -0.3 is 10.4 Å². The SMILES string of the molecule is O=C(O)c1cccc(NC(=O)C2CCCN2S(=O)(=O)c2cccc3nsnc23)c1. The zero-order chi connectivity index (χ0) is 20.6. The number of rotatable bonds is 5. The number of aromatic nitrogens is 2. The van der Waals surface area contributed by atoms with E-state index in [-0.39, 0.29) is 22.5 Å². The first kappa shape index (κ1) is 19.4. The van der Waals surface area contributed by atoms with Crippen molar-refractivity contribution in [3.8, 4) is 0 Å². The minimum atomic E-state index is -3.96. The number of hydrogen-bond acceptors (Lipinski definition) is 7. The quantitative estimate of drug-likeness (QED) is 0.632. The van der Waals surface area contributed by atoms with Crippen molar-refractivity contribution in [3.05, 3.63) is 48.0 Å². The molecule has 1 unspecified atom stereocenters. The maximum absolute atomic E-state index is 13.3. The van der Waals surface area contributed by atoms with Gasteiger partial charge in [-0.3, -0.25) is 4.79 Å². The minimum absolute atomic E-state index is 0.0244. The van der Waals surface area contributed by atoms with Gasteiger partial charge in [0.15, 0.2) is 0 Å². The van der Waals surface area contributed by atoms with Crippen molar-refractivity contribution in [2.75, 3.05) is 11.9 Å². The number of fused-ring (bicyclic) bond motifs is 1. The Hall–Kier alpha value is -2.89. The van der Waals surface area contributed by atoms with Gasteiger partial charge in [-0.15, -0.1) is 0 Å². The lowest BCUT2D eigenvalue weighted by atomic mass is 10.2. The maximum atomic E-state index is 13.3. The van der Waals surface area contributed by atoms with Gasteiger partial charge in [0.05, 0.1) is 17.3 Å². The van der Waals surface area contributed by atoms with Crippen molar-refractivity contribution in [3.63, 3.8) is 0 Å². The van der Waals surface area contributed by atoms with E-state index in [0.29, 0.717) is 24.0 Å². The molecule has 11 heteroatoms. The Kier molecular flexibility index (Phi) is 5.03. The molecule has 2 heterocycles. The fourth-order valence-electron chi connectivity index (χ4n) is 3.36. The van der Waals surface area contributed by atoms with E-state index in [9.17, 15) is 18.0 Å². The average Bonchev–Trinajstić information content (AvgIpc) is 3.37. The summed E-state index contributed by atoms with van der Waals surface area (Å²) in [5, 5.41) is 11.7. The van der Waals surface area contributed by atoms with Crippen molar-refractivity contribution in [2.45, 2.75) is 23.8 Å². The van der Waals surface area contributed by atoms with Gasteiger partial charge in [-0.2, -0.15) is 13.1 Å². The van der Waals surface area contributed by atoms with Crippen LogP contribution in [0.1, 0.15) is 23.2 Å². The van der Waals surface area contributed by atoms with Crippen molar-refractivity contribution in [2.24, 2.45) is 0 Å². The van der Waals surface area contributed by atoms with Gasteiger partial charge in [0, 0.05) is 12.2 Å². The van der Waals surface area contributed by atoms with Crippen LogP contribution >= 0.6 is 11.7 Å². The first-order valence-electron chi connectivity index (χ1n) is 8.75. The zero-order valence-electron chi connectivity index (χ0n) is 15.0. The summed E-state index contributed by atoms with van der Waals surface area (Å²) < 4.78 is 35.9. The molecule has 9 nitrogen and oxygen atoms in total. The molecule has 1 aliphatic heterocycles. The standard InChI is InChI=1S/C18H16N4O5S2/c23-17(19-12-5-1-4-11(10-12)18(24)25)14-7-3-9-22(14)29(26,27)15-8-2-6-13-16(15)21-28-20-13/h1-2,4-6,8,10,14H,3,7,9H2,(H,19,23)(H,24,25). The van der Waals surface area contributed by atoms with Gasteiger partial charge in [0.25, 0.3) is 0 Å². The number of carboxylic acids is 1. The summed E-state index contributed by atoms with van der Waals surface area (Å²) in [5.74, 6) is -1.62. The first-order chi connectivity index (χ1) is 13.9. The zero-order valence-corrected chi connectivity index (χ0v) is 16.6. The number of hydrogen-bond donors (Lipinski definition) is 2. The van der Waals surface area contributed by atoms with Gasteiger partial charge in [0.1, 0.15) is 22.0 Å². The molecule has 0 spiro atoms. The molecule has 3 aromatic rings. The van der Waals surface area contributed by atoms with Gasteiger partial charge in [-0.25, -0.2) is 13.2 Å². The average molecular weight is 432 g/mol. The summed E-state index contributed by atoms with van der Waals surface area (Å²) in [5.41, 5.74) is 1.10. The van der Waals surface area contributed by atoms with Crippen molar-refractivity contribution >= 4 is 50.3 Å². The molecule has 1 fully saturated rings. The third-order valence-corrected chi connectivity index (χ3v) is 7.20. The Morgan fingerprint density at radius 2 is 1.97 bits per heavy atom. The second-order valence-corrected chi connectivity index (χ2v) is 8.92. The van der Waals surface area contributed by atoms with E-state index in [1.165, 1.54) is 28.6 Å². The number of nitrogens with zero attached hydrogens (tertiary/aromatic N) is 3. The number of amides is 1. The van der Waals surface area contributed by atoms with E-state index in [4.69, 9.17) is 5.11 Å². The van der Waals surface area contributed by atoms with Crippen LogP contribution < -0.4 is 5.32 Å². The summed E-state index contributed by atoms with van der Waals surface area (Å²) in [6.45, 7) is 0.212. The van der Waals surface area contributed by atoms with Crippen LogP contribution in [0.3, 0.4) is 0 Å². The van der Waals surface area contributed by atoms with E-state index < -0.39 is 27.9 Å². The lowest BCUT2D eigenvalue weighted by Gasteiger charge is -2.23. The van der Waals surface area contributed by atoms with E-state index in [2.05, 4.69) is 14.1 Å². The topological polar surface area (TPSA) is 130 Å². The molecular formula is C18H16N4O5S2. The molecule has 1 aromatic heterocycles. The number of carbonyl (C=O) groups is 2. The summed E-state index contributed by atoms with van der Waals surface area (Å²) in [6.07, 6.45) is 0.909. The number of anilines is 1.